The van der Waals surface area contributed by atoms with E-state index in [0.29, 0.717) is 0 Å². The highest BCUT2D eigenvalue weighted by Gasteiger charge is 2.36. The summed E-state index contributed by atoms with van der Waals surface area (Å²) in [6.07, 6.45) is 0. The second kappa shape index (κ2) is 3.63. The van der Waals surface area contributed by atoms with E-state index in [9.17, 15) is 9.18 Å². The molecule has 0 saturated carbocycles. The van der Waals surface area contributed by atoms with Gasteiger partial charge in [0.1, 0.15) is 12.4 Å². The first-order chi connectivity index (χ1) is 6.50. The maximum Gasteiger partial charge on any atom is 0.331 e. The Hall–Kier alpha value is -1.62. The van der Waals surface area contributed by atoms with Crippen LogP contribution in [0, 0.1) is 0 Å². The molecule has 0 radical (unpaired) electrons. The number of benzene rings is 1. The molecule has 0 aliphatic heterocycles. The Kier molecular flexibility index (Phi) is 2.71. The van der Waals surface area contributed by atoms with Crippen molar-refractivity contribution in [1.82, 2.24) is 0 Å². The zero-order valence-electron chi connectivity index (χ0n) is 7.27. The van der Waals surface area contributed by atoms with E-state index >= 15 is 0 Å². The largest absolute Gasteiger partial charge is 0.508 e. The normalized spacial score (nSPS) is 14.7. The van der Waals surface area contributed by atoms with Gasteiger partial charge in [-0.15, -0.1) is 0 Å². The van der Waals surface area contributed by atoms with Crippen LogP contribution in [0.25, 0.3) is 0 Å². The van der Waals surface area contributed by atoms with Gasteiger partial charge in [0.05, 0.1) is 0 Å². The van der Waals surface area contributed by atoms with Crippen LogP contribution in [0.5, 0.6) is 5.75 Å². The summed E-state index contributed by atoms with van der Waals surface area (Å²) in [5.41, 5.74) is 3.29. The van der Waals surface area contributed by atoms with Gasteiger partial charge in [0, 0.05) is 0 Å². The van der Waals surface area contributed by atoms with Crippen LogP contribution in [0.2, 0.25) is 0 Å². The van der Waals surface area contributed by atoms with Crippen LogP contribution < -0.4 is 5.73 Å². The first-order valence-corrected chi connectivity index (χ1v) is 3.88. The van der Waals surface area contributed by atoms with Gasteiger partial charge in [-0.05, 0) is 17.7 Å². The van der Waals surface area contributed by atoms with E-state index in [0.717, 1.165) is 6.07 Å². The van der Waals surface area contributed by atoms with E-state index in [1.165, 1.54) is 18.2 Å². The fourth-order valence-corrected chi connectivity index (χ4v) is 1.04. The molecule has 1 unspecified atom stereocenters. The van der Waals surface area contributed by atoms with Crippen molar-refractivity contribution in [3.63, 3.8) is 0 Å². The van der Waals surface area contributed by atoms with Crippen molar-refractivity contribution in [2.45, 2.75) is 5.54 Å². The molecule has 0 bridgehead atoms. The summed E-state index contributed by atoms with van der Waals surface area (Å²) in [6.45, 7) is -1.23. The van der Waals surface area contributed by atoms with Gasteiger partial charge in [0.2, 0.25) is 0 Å². The molecule has 0 heterocycles. The number of hydrogen-bond acceptors (Lipinski definition) is 3. The van der Waals surface area contributed by atoms with E-state index in [4.69, 9.17) is 15.9 Å². The number of halogens is 1. The second-order valence-corrected chi connectivity index (χ2v) is 2.96. The topological polar surface area (TPSA) is 83.6 Å². The van der Waals surface area contributed by atoms with Crippen LogP contribution in [0.1, 0.15) is 5.56 Å². The third-order valence-electron chi connectivity index (χ3n) is 1.95. The van der Waals surface area contributed by atoms with Gasteiger partial charge < -0.3 is 15.9 Å². The Morgan fingerprint density at radius 1 is 1.57 bits per heavy atom. The van der Waals surface area contributed by atoms with Gasteiger partial charge in [-0.3, -0.25) is 0 Å². The molecule has 14 heavy (non-hydrogen) atoms. The third-order valence-corrected chi connectivity index (χ3v) is 1.95. The third kappa shape index (κ3) is 1.67. The van der Waals surface area contributed by atoms with Crippen LogP contribution in [0.15, 0.2) is 24.3 Å². The zero-order chi connectivity index (χ0) is 10.8. The molecule has 0 saturated heterocycles. The van der Waals surface area contributed by atoms with Crippen molar-refractivity contribution in [1.29, 1.82) is 0 Å². The predicted molar refractivity (Wildman–Crippen MR) is 47.6 cm³/mol. The number of alkyl halides is 1. The van der Waals surface area contributed by atoms with Crippen molar-refractivity contribution < 1.29 is 19.4 Å². The fraction of sp³-hybridized carbons (Fsp3) is 0.222. The highest BCUT2D eigenvalue weighted by molar-refractivity contribution is 5.80. The molecule has 0 aromatic heterocycles. The molecule has 1 atom stereocenters. The van der Waals surface area contributed by atoms with Crippen molar-refractivity contribution in [2.75, 3.05) is 6.67 Å². The molecule has 0 aliphatic carbocycles. The number of aliphatic carboxylic acids is 1. The Morgan fingerprint density at radius 3 is 2.64 bits per heavy atom. The number of hydrogen-bond donors (Lipinski definition) is 3. The van der Waals surface area contributed by atoms with Gasteiger partial charge in [-0.1, -0.05) is 12.1 Å². The lowest BCUT2D eigenvalue weighted by Crippen LogP contribution is -2.46. The molecule has 76 valence electrons. The van der Waals surface area contributed by atoms with E-state index in [1.807, 2.05) is 0 Å². The van der Waals surface area contributed by atoms with Crippen LogP contribution in [-0.4, -0.2) is 22.9 Å². The molecule has 4 N–H and O–H groups in total. The average Bonchev–Trinajstić information content (AvgIpc) is 2.16. The lowest BCUT2D eigenvalue weighted by atomic mass is 9.92. The number of phenolic OH excluding ortho intramolecular Hbond substituents is 1. The molecule has 5 heteroatoms. The molecule has 0 spiro atoms. The number of carboxylic acid groups (broad SMARTS) is 1. The molecule has 1 aromatic carbocycles. The number of nitrogens with two attached hydrogens (primary N) is 1. The minimum absolute atomic E-state index is 0.0347. The smallest absolute Gasteiger partial charge is 0.331 e. The maximum atomic E-state index is 12.5. The summed E-state index contributed by atoms with van der Waals surface area (Å²) in [5, 5.41) is 17.8. The quantitative estimate of drug-likeness (QED) is 0.665. The van der Waals surface area contributed by atoms with Crippen LogP contribution in [0.3, 0.4) is 0 Å². The SMILES string of the molecule is NC(CF)(C(=O)O)c1cccc(O)c1. The van der Waals surface area contributed by atoms with E-state index in [-0.39, 0.29) is 11.3 Å². The molecule has 0 fully saturated rings. The van der Waals surface area contributed by atoms with Crippen molar-refractivity contribution in [3.05, 3.63) is 29.8 Å². The number of aromatic hydroxyl groups is 1. The Labute approximate surface area is 79.8 Å². The zero-order valence-corrected chi connectivity index (χ0v) is 7.27. The van der Waals surface area contributed by atoms with E-state index in [1.54, 1.807) is 0 Å². The summed E-state index contributed by atoms with van der Waals surface area (Å²) in [6, 6.07) is 5.25. The first-order valence-electron chi connectivity index (χ1n) is 3.88. The maximum absolute atomic E-state index is 12.5. The molecule has 0 amide bonds. The number of phenols is 1. The van der Waals surface area contributed by atoms with Crippen molar-refractivity contribution >= 4 is 5.97 Å². The number of carbonyl (C=O) groups is 1. The highest BCUT2D eigenvalue weighted by Crippen LogP contribution is 2.22. The van der Waals surface area contributed by atoms with Crippen molar-refractivity contribution in [2.24, 2.45) is 5.73 Å². The molecule has 1 aromatic rings. The van der Waals surface area contributed by atoms with Crippen LogP contribution in [-0.2, 0) is 10.3 Å². The standard InChI is InChI=1S/C9H10FNO3/c10-5-9(11,8(13)14)6-2-1-3-7(12)4-6/h1-4,12H,5,11H2,(H,13,14). The minimum atomic E-state index is -2.08. The monoisotopic (exact) mass is 199 g/mol. The lowest BCUT2D eigenvalue weighted by Gasteiger charge is -2.21. The lowest BCUT2D eigenvalue weighted by molar-refractivity contribution is -0.144. The van der Waals surface area contributed by atoms with Gasteiger partial charge in [-0.25, -0.2) is 9.18 Å². The molecule has 1 rings (SSSR count). The summed E-state index contributed by atoms with van der Waals surface area (Å²) in [4.78, 5) is 10.7. The van der Waals surface area contributed by atoms with Crippen molar-refractivity contribution in [3.8, 4) is 5.75 Å². The van der Waals surface area contributed by atoms with Gasteiger partial charge >= 0.3 is 5.97 Å². The fourth-order valence-electron chi connectivity index (χ4n) is 1.04. The van der Waals surface area contributed by atoms with Gasteiger partial charge in [0.25, 0.3) is 0 Å². The number of carboxylic acids is 1. The summed E-state index contributed by atoms with van der Waals surface area (Å²) in [5.74, 6) is -1.61. The molecule has 4 nitrogen and oxygen atoms in total. The van der Waals surface area contributed by atoms with Gasteiger partial charge in [0.15, 0.2) is 5.54 Å². The summed E-state index contributed by atoms with van der Waals surface area (Å²) in [7, 11) is 0. The Balaban J connectivity index is 3.19. The first kappa shape index (κ1) is 10.5. The van der Waals surface area contributed by atoms with Crippen LogP contribution >= 0.6 is 0 Å². The highest BCUT2D eigenvalue weighted by atomic mass is 19.1. The predicted octanol–water partition coefficient (Wildman–Crippen LogP) is 0.600. The second-order valence-electron chi connectivity index (χ2n) is 2.96. The van der Waals surface area contributed by atoms with Gasteiger partial charge in [-0.2, -0.15) is 0 Å². The minimum Gasteiger partial charge on any atom is -0.508 e. The van der Waals surface area contributed by atoms with E-state index in [2.05, 4.69) is 0 Å². The average molecular weight is 199 g/mol. The molecule has 0 aliphatic rings. The summed E-state index contributed by atoms with van der Waals surface area (Å²) < 4.78 is 12.5. The van der Waals surface area contributed by atoms with Crippen LogP contribution in [0.4, 0.5) is 4.39 Å². The Morgan fingerprint density at radius 2 is 2.21 bits per heavy atom. The van der Waals surface area contributed by atoms with E-state index < -0.39 is 18.2 Å². The number of rotatable bonds is 3. The molecular weight excluding hydrogens is 189 g/mol. The summed E-state index contributed by atoms with van der Waals surface area (Å²) >= 11 is 0. The Bertz CT molecular complexity index is 356. The molecular formula is C9H10FNO3.